The summed E-state index contributed by atoms with van der Waals surface area (Å²) in [5.41, 5.74) is 3.56. The molecule has 2 rings (SSSR count). The Hall–Kier alpha value is -1.22. The van der Waals surface area contributed by atoms with Crippen LogP contribution in [0, 0.1) is 19.8 Å². The van der Waals surface area contributed by atoms with Crippen LogP contribution in [0.15, 0.2) is 12.1 Å². The van der Waals surface area contributed by atoms with Gasteiger partial charge in [0.15, 0.2) is 0 Å². The van der Waals surface area contributed by atoms with Crippen molar-refractivity contribution in [1.29, 1.82) is 0 Å². The molecule has 3 heteroatoms. The molecule has 0 saturated heterocycles. The van der Waals surface area contributed by atoms with Gasteiger partial charge in [0.1, 0.15) is 5.75 Å². The number of aryl methyl sites for hydroxylation is 2. The Balaban J connectivity index is 1.99. The molecule has 0 bridgehead atoms. The van der Waals surface area contributed by atoms with Gasteiger partial charge in [-0.3, -0.25) is 0 Å². The Labute approximate surface area is 116 Å². The summed E-state index contributed by atoms with van der Waals surface area (Å²) in [5, 5.41) is 13.1. The fourth-order valence-corrected chi connectivity index (χ4v) is 2.91. The van der Waals surface area contributed by atoms with Gasteiger partial charge in [-0.25, -0.2) is 0 Å². The van der Waals surface area contributed by atoms with Crippen molar-refractivity contribution in [2.24, 2.45) is 5.92 Å². The third-order valence-electron chi connectivity index (χ3n) is 4.05. The molecule has 0 radical (unpaired) electrons. The van der Waals surface area contributed by atoms with E-state index in [1.54, 1.807) is 7.11 Å². The van der Waals surface area contributed by atoms with Crippen LogP contribution in [0.5, 0.6) is 5.75 Å². The number of hydrogen-bond donors (Lipinski definition) is 2. The summed E-state index contributed by atoms with van der Waals surface area (Å²) in [6.07, 6.45) is 4.03. The topological polar surface area (TPSA) is 41.5 Å². The van der Waals surface area contributed by atoms with Gasteiger partial charge in [0.05, 0.1) is 18.9 Å². The van der Waals surface area contributed by atoms with Gasteiger partial charge in [0.2, 0.25) is 0 Å². The van der Waals surface area contributed by atoms with Crippen LogP contribution < -0.4 is 10.1 Å². The molecule has 1 saturated carbocycles. The number of rotatable bonds is 4. The van der Waals surface area contributed by atoms with Gasteiger partial charge in [0, 0.05) is 6.54 Å². The predicted octanol–water partition coefficient (Wildman–Crippen LogP) is 3.28. The normalized spacial score (nSPS) is 23.2. The van der Waals surface area contributed by atoms with Crippen molar-refractivity contribution in [3.05, 3.63) is 23.3 Å². The number of anilines is 1. The van der Waals surface area contributed by atoms with Gasteiger partial charge in [-0.05, 0) is 62.6 Å². The maximum absolute atomic E-state index is 9.53. The van der Waals surface area contributed by atoms with Gasteiger partial charge < -0.3 is 15.2 Å². The highest BCUT2D eigenvalue weighted by Gasteiger charge is 2.19. The van der Waals surface area contributed by atoms with Crippen LogP contribution in [0.25, 0.3) is 0 Å². The SMILES string of the molecule is COc1cc(C)cc(C)c1NCC1CCC(O)CC1. The summed E-state index contributed by atoms with van der Waals surface area (Å²) in [4.78, 5) is 0. The minimum absolute atomic E-state index is 0.0769. The lowest BCUT2D eigenvalue weighted by Gasteiger charge is -2.26. The average molecular weight is 263 g/mol. The van der Waals surface area contributed by atoms with Crippen molar-refractivity contribution in [3.63, 3.8) is 0 Å². The van der Waals surface area contributed by atoms with E-state index in [1.165, 1.54) is 11.1 Å². The first-order valence-electron chi connectivity index (χ1n) is 7.17. The largest absolute Gasteiger partial charge is 0.495 e. The van der Waals surface area contributed by atoms with E-state index >= 15 is 0 Å². The van der Waals surface area contributed by atoms with Crippen LogP contribution in [-0.4, -0.2) is 24.9 Å². The van der Waals surface area contributed by atoms with Crippen molar-refractivity contribution >= 4 is 5.69 Å². The maximum atomic E-state index is 9.53. The fourth-order valence-electron chi connectivity index (χ4n) is 2.91. The molecule has 3 nitrogen and oxygen atoms in total. The predicted molar refractivity (Wildman–Crippen MR) is 78.9 cm³/mol. The van der Waals surface area contributed by atoms with Crippen molar-refractivity contribution in [1.82, 2.24) is 0 Å². The van der Waals surface area contributed by atoms with Crippen LogP contribution in [0.4, 0.5) is 5.69 Å². The molecule has 1 fully saturated rings. The number of aliphatic hydroxyl groups is 1. The molecule has 1 aliphatic carbocycles. The Bertz CT molecular complexity index is 423. The summed E-state index contributed by atoms with van der Waals surface area (Å²) in [7, 11) is 1.72. The summed E-state index contributed by atoms with van der Waals surface area (Å²) in [6.45, 7) is 5.16. The van der Waals surface area contributed by atoms with E-state index in [0.717, 1.165) is 43.7 Å². The van der Waals surface area contributed by atoms with E-state index in [1.807, 2.05) is 0 Å². The second-order valence-corrected chi connectivity index (χ2v) is 5.71. The first-order chi connectivity index (χ1) is 9.10. The molecular formula is C16H25NO2. The maximum Gasteiger partial charge on any atom is 0.142 e. The summed E-state index contributed by atoms with van der Waals surface area (Å²) in [5.74, 6) is 1.59. The molecular weight excluding hydrogens is 238 g/mol. The number of aliphatic hydroxyl groups excluding tert-OH is 1. The lowest BCUT2D eigenvalue weighted by molar-refractivity contribution is 0.111. The minimum Gasteiger partial charge on any atom is -0.495 e. The highest BCUT2D eigenvalue weighted by atomic mass is 16.5. The van der Waals surface area contributed by atoms with Crippen LogP contribution in [-0.2, 0) is 0 Å². The fraction of sp³-hybridized carbons (Fsp3) is 0.625. The monoisotopic (exact) mass is 263 g/mol. The third-order valence-corrected chi connectivity index (χ3v) is 4.05. The second-order valence-electron chi connectivity index (χ2n) is 5.71. The number of ether oxygens (including phenoxy) is 1. The Morgan fingerprint density at radius 3 is 2.53 bits per heavy atom. The van der Waals surface area contributed by atoms with Crippen LogP contribution in [0.1, 0.15) is 36.8 Å². The zero-order valence-corrected chi connectivity index (χ0v) is 12.2. The molecule has 0 heterocycles. The van der Waals surface area contributed by atoms with Gasteiger partial charge in [0.25, 0.3) is 0 Å². The van der Waals surface area contributed by atoms with Gasteiger partial charge in [-0.2, -0.15) is 0 Å². The van der Waals surface area contributed by atoms with Crippen molar-refractivity contribution in [2.45, 2.75) is 45.6 Å². The smallest absolute Gasteiger partial charge is 0.142 e. The van der Waals surface area contributed by atoms with Crippen molar-refractivity contribution < 1.29 is 9.84 Å². The van der Waals surface area contributed by atoms with E-state index in [9.17, 15) is 5.11 Å². The third kappa shape index (κ3) is 3.63. The molecule has 2 N–H and O–H groups in total. The number of nitrogens with one attached hydrogen (secondary N) is 1. The summed E-state index contributed by atoms with van der Waals surface area (Å²) >= 11 is 0. The van der Waals surface area contributed by atoms with Crippen LogP contribution >= 0.6 is 0 Å². The van der Waals surface area contributed by atoms with Gasteiger partial charge in [-0.15, -0.1) is 0 Å². The molecule has 0 unspecified atom stereocenters. The van der Waals surface area contributed by atoms with Crippen LogP contribution in [0.3, 0.4) is 0 Å². The lowest BCUT2D eigenvalue weighted by Crippen LogP contribution is -2.23. The van der Waals surface area contributed by atoms with E-state index in [4.69, 9.17) is 4.74 Å². The Morgan fingerprint density at radius 1 is 1.21 bits per heavy atom. The average Bonchev–Trinajstić information content (AvgIpc) is 2.39. The Kier molecular flexibility index (Phi) is 4.70. The zero-order chi connectivity index (χ0) is 13.8. The molecule has 0 amide bonds. The summed E-state index contributed by atoms with van der Waals surface area (Å²) < 4.78 is 5.46. The number of benzene rings is 1. The highest BCUT2D eigenvalue weighted by molar-refractivity contribution is 5.63. The molecule has 1 aromatic rings. The lowest BCUT2D eigenvalue weighted by atomic mass is 9.87. The quantitative estimate of drug-likeness (QED) is 0.876. The summed E-state index contributed by atoms with van der Waals surface area (Å²) in [6, 6.07) is 4.25. The van der Waals surface area contributed by atoms with E-state index in [2.05, 4.69) is 31.3 Å². The first kappa shape index (κ1) is 14.2. The minimum atomic E-state index is -0.0769. The molecule has 0 aromatic heterocycles. The second kappa shape index (κ2) is 6.29. The molecule has 0 aliphatic heterocycles. The molecule has 1 aliphatic rings. The van der Waals surface area contributed by atoms with Crippen LogP contribution in [0.2, 0.25) is 0 Å². The molecule has 1 aromatic carbocycles. The standard InChI is InChI=1S/C16H25NO2/c1-11-8-12(2)16(15(9-11)19-3)17-10-13-4-6-14(18)7-5-13/h8-9,13-14,17-18H,4-7,10H2,1-3H3. The molecule has 0 spiro atoms. The van der Waals surface area contributed by atoms with Crippen molar-refractivity contribution in [2.75, 3.05) is 19.0 Å². The molecule has 19 heavy (non-hydrogen) atoms. The molecule has 106 valence electrons. The number of methoxy groups -OCH3 is 1. The van der Waals surface area contributed by atoms with E-state index < -0.39 is 0 Å². The highest BCUT2D eigenvalue weighted by Crippen LogP contribution is 2.31. The Morgan fingerprint density at radius 2 is 1.89 bits per heavy atom. The van der Waals surface area contributed by atoms with E-state index in [-0.39, 0.29) is 6.10 Å². The first-order valence-corrected chi connectivity index (χ1v) is 7.17. The molecule has 0 atom stereocenters. The zero-order valence-electron chi connectivity index (χ0n) is 12.2. The van der Waals surface area contributed by atoms with Gasteiger partial charge >= 0.3 is 0 Å². The van der Waals surface area contributed by atoms with Crippen molar-refractivity contribution in [3.8, 4) is 5.75 Å². The van der Waals surface area contributed by atoms with Gasteiger partial charge in [-0.1, -0.05) is 6.07 Å². The number of hydrogen-bond acceptors (Lipinski definition) is 3. The van der Waals surface area contributed by atoms with E-state index in [0.29, 0.717) is 5.92 Å².